The molecule has 0 bridgehead atoms. The molecule has 9 atom stereocenters. The molecule has 282 valence electrons. The number of ketones is 1. The number of methoxy groups -OCH3 is 2. The molecule has 0 radical (unpaired) electrons. The Kier molecular flexibility index (Phi) is 10.4. The van der Waals surface area contributed by atoms with Gasteiger partial charge in [0, 0.05) is 23.3 Å². The second kappa shape index (κ2) is 13.9. The van der Waals surface area contributed by atoms with Gasteiger partial charge in [0.25, 0.3) is 0 Å². The van der Waals surface area contributed by atoms with Crippen LogP contribution in [0.2, 0.25) is 0 Å². The van der Waals surface area contributed by atoms with Crippen molar-refractivity contribution in [2.24, 2.45) is 56.7 Å². The largest absolute Gasteiger partial charge is 0.493 e. The normalized spacial score (nSPS) is 38.2. The van der Waals surface area contributed by atoms with Gasteiger partial charge in [-0.2, -0.15) is 0 Å². The van der Waals surface area contributed by atoms with Crippen molar-refractivity contribution in [2.45, 2.75) is 126 Å². The summed E-state index contributed by atoms with van der Waals surface area (Å²) in [6.07, 6.45) is 16.4. The maximum atomic E-state index is 13.4. The lowest BCUT2D eigenvalue weighted by atomic mass is 9.32. The van der Waals surface area contributed by atoms with Gasteiger partial charge in [-0.15, -0.1) is 0 Å². The molecule has 0 aromatic heterocycles. The van der Waals surface area contributed by atoms with E-state index in [1.807, 2.05) is 12.1 Å². The summed E-state index contributed by atoms with van der Waals surface area (Å²) >= 11 is 0. The molecule has 51 heavy (non-hydrogen) atoms. The van der Waals surface area contributed by atoms with Crippen molar-refractivity contribution in [1.29, 1.82) is 0 Å². The highest BCUT2D eigenvalue weighted by Crippen LogP contribution is 2.77. The topological polar surface area (TPSA) is 71.1 Å². The van der Waals surface area contributed by atoms with Gasteiger partial charge < -0.3 is 18.9 Å². The molecule has 1 aromatic rings. The molecule has 6 rings (SSSR count). The highest BCUT2D eigenvalue weighted by molar-refractivity contribution is 5.87. The molecule has 0 N–H and O–H groups in total. The van der Waals surface area contributed by atoms with Crippen molar-refractivity contribution in [3.8, 4) is 17.2 Å². The molecule has 0 heterocycles. The van der Waals surface area contributed by atoms with Crippen LogP contribution in [0, 0.1) is 56.7 Å². The number of carbonyl (C=O) groups is 2. The van der Waals surface area contributed by atoms with Crippen LogP contribution in [0.25, 0.3) is 6.08 Å². The minimum atomic E-state index is -0.310. The predicted molar refractivity (Wildman–Crippen MR) is 204 cm³/mol. The zero-order valence-electron chi connectivity index (χ0n) is 33.3. The molecular weight excluding hydrogens is 636 g/mol. The van der Waals surface area contributed by atoms with Crippen LogP contribution in [-0.4, -0.2) is 39.2 Å². The number of carbonyl (C=O) groups excluding carboxylic acids is 2. The maximum Gasteiger partial charge on any atom is 0.330 e. The van der Waals surface area contributed by atoms with E-state index >= 15 is 0 Å². The summed E-state index contributed by atoms with van der Waals surface area (Å²) < 4.78 is 23.4. The number of fused-ring (bicyclic) bond motifs is 7. The molecule has 5 aliphatic rings. The van der Waals surface area contributed by atoms with Crippen molar-refractivity contribution < 1.29 is 28.5 Å². The highest BCUT2D eigenvalue weighted by atomic mass is 16.5. The second-order valence-electron chi connectivity index (χ2n) is 18.6. The minimum Gasteiger partial charge on any atom is -0.493 e. The summed E-state index contributed by atoms with van der Waals surface area (Å²) in [6, 6.07) is 3.75. The number of hydrogen-bond donors (Lipinski definition) is 0. The van der Waals surface area contributed by atoms with E-state index in [-0.39, 0.29) is 33.0 Å². The molecular formula is C45H66O6. The lowest BCUT2D eigenvalue weighted by Gasteiger charge is -2.72. The number of ether oxygens (including phenoxy) is 4. The van der Waals surface area contributed by atoms with Crippen LogP contribution in [0.1, 0.15) is 131 Å². The van der Waals surface area contributed by atoms with Gasteiger partial charge in [0.05, 0.1) is 27.4 Å². The fourth-order valence-electron chi connectivity index (χ4n) is 13.2. The molecule has 0 saturated heterocycles. The van der Waals surface area contributed by atoms with Gasteiger partial charge in [0.2, 0.25) is 5.75 Å². The molecule has 1 aromatic carbocycles. The minimum absolute atomic E-state index is 0.0233. The number of benzene rings is 1. The number of esters is 1. The predicted octanol–water partition coefficient (Wildman–Crippen LogP) is 10.7. The number of hydrogen-bond acceptors (Lipinski definition) is 6. The van der Waals surface area contributed by atoms with Crippen LogP contribution in [0.4, 0.5) is 0 Å². The van der Waals surface area contributed by atoms with Crippen LogP contribution in [-0.2, 0) is 14.3 Å². The summed E-state index contributed by atoms with van der Waals surface area (Å²) in [5.74, 6) is 4.48. The smallest absolute Gasteiger partial charge is 0.330 e. The monoisotopic (exact) mass is 702 g/mol. The van der Waals surface area contributed by atoms with Gasteiger partial charge in [0.1, 0.15) is 5.78 Å². The Balaban J connectivity index is 1.22. The fraction of sp³-hybridized carbons (Fsp3) is 0.733. The lowest BCUT2D eigenvalue weighted by molar-refractivity contribution is -0.236. The second-order valence-corrected chi connectivity index (χ2v) is 18.6. The van der Waals surface area contributed by atoms with Crippen LogP contribution >= 0.6 is 0 Å². The third-order valence-corrected chi connectivity index (χ3v) is 16.1. The van der Waals surface area contributed by atoms with E-state index in [2.05, 4.69) is 55.0 Å². The van der Waals surface area contributed by atoms with E-state index in [0.29, 0.717) is 65.8 Å². The molecule has 6 heteroatoms. The molecule has 5 saturated carbocycles. The maximum absolute atomic E-state index is 13.4. The average Bonchev–Trinajstić information content (AvgIpc) is 3.48. The summed E-state index contributed by atoms with van der Waals surface area (Å²) in [5, 5.41) is 0. The third-order valence-electron chi connectivity index (χ3n) is 16.1. The molecule has 0 amide bonds. The Morgan fingerprint density at radius 3 is 2.33 bits per heavy atom. The van der Waals surface area contributed by atoms with Gasteiger partial charge in [0.15, 0.2) is 11.5 Å². The molecule has 0 spiro atoms. The SMILES string of the molecule is C=C(C)[C@@H]1CC[C@]2(COC(=O)/C=C/c3cc(OC)c(OC)c(OCCCC)c3)CC[C@]3(C)[C@H](CC[C@@H]4[C@@]5(C)CCC(=O)C(C)(C)[C@@H]5CC[C@]43C)[C@@H]12. The first kappa shape index (κ1) is 38.0. The molecule has 5 fully saturated rings. The van der Waals surface area contributed by atoms with E-state index in [1.54, 1.807) is 26.4 Å². The van der Waals surface area contributed by atoms with E-state index in [4.69, 9.17) is 18.9 Å². The number of Topliss-reactive ketones (excluding diaryl/α,β-unsaturated/α-hetero) is 1. The first-order chi connectivity index (χ1) is 24.1. The van der Waals surface area contributed by atoms with Crippen LogP contribution < -0.4 is 14.2 Å². The van der Waals surface area contributed by atoms with Gasteiger partial charge in [-0.3, -0.25) is 4.79 Å². The zero-order valence-corrected chi connectivity index (χ0v) is 33.3. The Hall–Kier alpha value is -2.76. The average molecular weight is 703 g/mol. The number of unbranched alkanes of at least 4 members (excludes halogenated alkanes) is 1. The number of allylic oxidation sites excluding steroid dienone is 1. The standard InChI is InChI=1S/C45H66O6/c1-11-12-25-50-34-27-30(26-33(48-9)40(34)49-10)13-16-38(47)51-28-45-22-17-31(29(2)3)39(45)32-14-15-36-42(6)20-19-37(46)41(4,5)35(42)18-21-44(36,8)43(32,7)23-24-45/h13,16,26-27,31-32,35-36,39H,2,11-12,14-15,17-25,28H2,1,3-10H3/b16-13+/t31-,32+,35-,36+,39+,42-,43+,44+,45+/m0/s1. The Morgan fingerprint density at radius 2 is 1.65 bits per heavy atom. The van der Waals surface area contributed by atoms with E-state index in [9.17, 15) is 9.59 Å². The zero-order chi connectivity index (χ0) is 37.0. The molecule has 0 aliphatic heterocycles. The first-order valence-corrected chi connectivity index (χ1v) is 20.0. The van der Waals surface area contributed by atoms with Crippen molar-refractivity contribution in [3.05, 3.63) is 35.9 Å². The highest BCUT2D eigenvalue weighted by Gasteiger charge is 2.71. The van der Waals surface area contributed by atoms with E-state index in [1.165, 1.54) is 31.3 Å². The van der Waals surface area contributed by atoms with E-state index < -0.39 is 0 Å². The molecule has 0 unspecified atom stereocenters. The van der Waals surface area contributed by atoms with Crippen LogP contribution in [0.3, 0.4) is 0 Å². The summed E-state index contributed by atoms with van der Waals surface area (Å²) in [7, 11) is 3.22. The van der Waals surface area contributed by atoms with Crippen LogP contribution in [0.15, 0.2) is 30.4 Å². The van der Waals surface area contributed by atoms with E-state index in [0.717, 1.165) is 56.9 Å². The molecule has 6 nitrogen and oxygen atoms in total. The fourth-order valence-corrected chi connectivity index (χ4v) is 13.2. The molecule has 5 aliphatic carbocycles. The quantitative estimate of drug-likeness (QED) is 0.0989. The van der Waals surface area contributed by atoms with Gasteiger partial charge in [-0.25, -0.2) is 4.79 Å². The van der Waals surface area contributed by atoms with Crippen molar-refractivity contribution >= 4 is 17.8 Å². The van der Waals surface area contributed by atoms with Crippen molar-refractivity contribution in [3.63, 3.8) is 0 Å². The Labute approximate surface area is 308 Å². The third kappa shape index (κ3) is 6.07. The summed E-state index contributed by atoms with van der Waals surface area (Å²) in [6.45, 7) is 22.3. The summed E-state index contributed by atoms with van der Waals surface area (Å²) in [5.41, 5.74) is 2.47. The van der Waals surface area contributed by atoms with Gasteiger partial charge in [-0.05, 0) is 141 Å². The van der Waals surface area contributed by atoms with Crippen LogP contribution in [0.5, 0.6) is 17.2 Å². The van der Waals surface area contributed by atoms with Gasteiger partial charge in [-0.1, -0.05) is 60.1 Å². The Morgan fingerprint density at radius 1 is 0.902 bits per heavy atom. The summed E-state index contributed by atoms with van der Waals surface area (Å²) in [4.78, 5) is 26.6. The van der Waals surface area contributed by atoms with Gasteiger partial charge >= 0.3 is 5.97 Å². The van der Waals surface area contributed by atoms with Crippen molar-refractivity contribution in [2.75, 3.05) is 27.4 Å². The van der Waals surface area contributed by atoms with Crippen molar-refractivity contribution in [1.82, 2.24) is 0 Å². The first-order valence-electron chi connectivity index (χ1n) is 20.0. The Bertz CT molecular complexity index is 1540. The number of rotatable bonds is 11. The lowest BCUT2D eigenvalue weighted by Crippen LogP contribution is -2.66.